The average molecular weight is 252 g/mol. The summed E-state index contributed by atoms with van der Waals surface area (Å²) in [4.78, 5) is 1.13. The van der Waals surface area contributed by atoms with E-state index in [1.54, 1.807) is 11.3 Å². The fourth-order valence-electron chi connectivity index (χ4n) is 1.94. The lowest BCUT2D eigenvalue weighted by Crippen LogP contribution is -2.38. The molecule has 1 unspecified atom stereocenters. The Kier molecular flexibility index (Phi) is 5.13. The molecule has 0 saturated carbocycles. The summed E-state index contributed by atoms with van der Waals surface area (Å²) in [5.41, 5.74) is 0.0458. The van der Waals surface area contributed by atoms with E-state index in [-0.39, 0.29) is 0 Å². The first-order valence-electron chi connectivity index (χ1n) is 5.83. The number of thiophene rings is 1. The maximum absolute atomic E-state index is 10.1. The summed E-state index contributed by atoms with van der Waals surface area (Å²) >= 11 is 1.57. The highest BCUT2D eigenvalue weighted by Gasteiger charge is 2.21. The highest BCUT2D eigenvalue weighted by molar-refractivity contribution is 7.10. The van der Waals surface area contributed by atoms with Crippen molar-refractivity contribution in [2.24, 2.45) is 5.92 Å². The van der Waals surface area contributed by atoms with Crippen LogP contribution in [0.4, 0.5) is 0 Å². The van der Waals surface area contributed by atoms with Gasteiger partial charge < -0.3 is 10.4 Å². The van der Waals surface area contributed by atoms with Gasteiger partial charge >= 0.3 is 0 Å². The molecule has 2 N–H and O–H groups in total. The average Bonchev–Trinajstić information content (AvgIpc) is 2.63. The van der Waals surface area contributed by atoms with Gasteiger partial charge in [0.1, 0.15) is 6.07 Å². The number of nitrogens with zero attached hydrogens (tertiary/aromatic N) is 1. The second kappa shape index (κ2) is 6.15. The fraction of sp³-hybridized carbons (Fsp3) is 0.615. The standard InChI is InChI=1S/C13H20N2OS/c1-10(2)5-13(3,16)9-15-7-12-4-11(6-14)8-17-12/h4,8,10,15-16H,5,7,9H2,1-3H3. The smallest absolute Gasteiger partial charge is 0.100 e. The third-order valence-corrected chi connectivity index (χ3v) is 3.37. The van der Waals surface area contributed by atoms with Crippen molar-refractivity contribution in [1.29, 1.82) is 5.26 Å². The van der Waals surface area contributed by atoms with Gasteiger partial charge in [0.2, 0.25) is 0 Å². The van der Waals surface area contributed by atoms with Crippen LogP contribution in [0, 0.1) is 17.2 Å². The summed E-state index contributed by atoms with van der Waals surface area (Å²) in [6, 6.07) is 4.00. The van der Waals surface area contributed by atoms with Gasteiger partial charge in [-0.3, -0.25) is 0 Å². The Labute approximate surface area is 107 Å². The zero-order valence-corrected chi connectivity index (χ0v) is 11.5. The molecule has 0 amide bonds. The van der Waals surface area contributed by atoms with Crippen molar-refractivity contribution < 1.29 is 5.11 Å². The Hall–Kier alpha value is -0.890. The first kappa shape index (κ1) is 14.2. The normalized spacial score (nSPS) is 14.6. The lowest BCUT2D eigenvalue weighted by molar-refractivity contribution is 0.0384. The molecule has 1 aromatic rings. The quantitative estimate of drug-likeness (QED) is 0.818. The summed E-state index contributed by atoms with van der Waals surface area (Å²) in [5, 5.41) is 23.9. The summed E-state index contributed by atoms with van der Waals surface area (Å²) < 4.78 is 0. The first-order chi connectivity index (χ1) is 7.93. The van der Waals surface area contributed by atoms with Crippen LogP contribution in [-0.4, -0.2) is 17.3 Å². The lowest BCUT2D eigenvalue weighted by atomic mass is 9.94. The molecule has 1 rings (SSSR count). The molecule has 0 radical (unpaired) electrons. The summed E-state index contributed by atoms with van der Waals surface area (Å²) in [6.45, 7) is 7.35. The van der Waals surface area contributed by atoms with Crippen LogP contribution in [0.3, 0.4) is 0 Å². The van der Waals surface area contributed by atoms with Crippen LogP contribution < -0.4 is 5.32 Å². The van der Waals surface area contributed by atoms with Gasteiger partial charge in [-0.05, 0) is 25.3 Å². The largest absolute Gasteiger partial charge is 0.389 e. The molecule has 0 aliphatic heterocycles. The Morgan fingerprint density at radius 1 is 1.59 bits per heavy atom. The molecule has 1 aromatic heterocycles. The van der Waals surface area contributed by atoms with Gasteiger partial charge in [0.15, 0.2) is 0 Å². The molecule has 0 aliphatic carbocycles. The van der Waals surface area contributed by atoms with Crippen LogP contribution in [0.2, 0.25) is 0 Å². The van der Waals surface area contributed by atoms with Crippen LogP contribution in [0.25, 0.3) is 0 Å². The first-order valence-corrected chi connectivity index (χ1v) is 6.71. The Bertz CT molecular complexity index is 390. The van der Waals surface area contributed by atoms with Gasteiger partial charge in [-0.15, -0.1) is 11.3 Å². The predicted molar refractivity (Wildman–Crippen MR) is 70.8 cm³/mol. The molecule has 0 aromatic carbocycles. The molecule has 1 heterocycles. The van der Waals surface area contributed by atoms with Gasteiger partial charge in [0.25, 0.3) is 0 Å². The van der Waals surface area contributed by atoms with Crippen LogP contribution in [0.5, 0.6) is 0 Å². The van der Waals surface area contributed by atoms with Crippen molar-refractivity contribution in [2.45, 2.75) is 39.3 Å². The van der Waals surface area contributed by atoms with Crippen molar-refractivity contribution >= 4 is 11.3 Å². The summed E-state index contributed by atoms with van der Waals surface area (Å²) in [7, 11) is 0. The molecular formula is C13H20N2OS. The summed E-state index contributed by atoms with van der Waals surface area (Å²) in [6.07, 6.45) is 0.786. The molecular weight excluding hydrogens is 232 g/mol. The van der Waals surface area contributed by atoms with Crippen LogP contribution in [0.15, 0.2) is 11.4 Å². The van der Waals surface area contributed by atoms with Crippen LogP contribution in [-0.2, 0) is 6.54 Å². The van der Waals surface area contributed by atoms with E-state index in [1.807, 2.05) is 18.4 Å². The SMILES string of the molecule is CC(C)CC(C)(O)CNCc1cc(C#N)cs1. The second-order valence-electron chi connectivity index (χ2n) is 5.11. The highest BCUT2D eigenvalue weighted by Crippen LogP contribution is 2.16. The van der Waals surface area contributed by atoms with Crippen LogP contribution >= 0.6 is 11.3 Å². The molecule has 0 bridgehead atoms. The molecule has 94 valence electrons. The van der Waals surface area contributed by atoms with Crippen molar-refractivity contribution in [3.63, 3.8) is 0 Å². The van der Waals surface area contributed by atoms with E-state index < -0.39 is 5.60 Å². The maximum atomic E-state index is 10.1. The van der Waals surface area contributed by atoms with E-state index in [2.05, 4.69) is 25.2 Å². The van der Waals surface area contributed by atoms with Crippen molar-refractivity contribution in [1.82, 2.24) is 5.32 Å². The monoisotopic (exact) mass is 252 g/mol. The molecule has 3 nitrogen and oxygen atoms in total. The van der Waals surface area contributed by atoms with E-state index in [1.165, 1.54) is 0 Å². The number of rotatable bonds is 6. The third kappa shape index (κ3) is 5.31. The van der Waals surface area contributed by atoms with Crippen molar-refractivity contribution in [3.8, 4) is 6.07 Å². The van der Waals surface area contributed by atoms with Gasteiger partial charge in [0, 0.05) is 23.3 Å². The lowest BCUT2D eigenvalue weighted by Gasteiger charge is -2.25. The minimum atomic E-state index is -0.663. The molecule has 0 aliphatic rings. The van der Waals surface area contributed by atoms with E-state index in [0.29, 0.717) is 24.6 Å². The number of nitrogens with one attached hydrogen (secondary N) is 1. The Morgan fingerprint density at radius 2 is 2.29 bits per heavy atom. The number of nitriles is 1. The topological polar surface area (TPSA) is 56.0 Å². The zero-order chi connectivity index (χ0) is 12.9. The van der Waals surface area contributed by atoms with Gasteiger partial charge in [-0.25, -0.2) is 0 Å². The molecule has 1 atom stereocenters. The Morgan fingerprint density at radius 3 is 2.82 bits per heavy atom. The van der Waals surface area contributed by atoms with E-state index in [9.17, 15) is 5.11 Å². The second-order valence-corrected chi connectivity index (χ2v) is 6.11. The van der Waals surface area contributed by atoms with E-state index in [4.69, 9.17) is 5.26 Å². The zero-order valence-electron chi connectivity index (χ0n) is 10.7. The summed E-state index contributed by atoms with van der Waals surface area (Å²) in [5.74, 6) is 0.485. The molecule has 4 heteroatoms. The minimum Gasteiger partial charge on any atom is -0.389 e. The fourth-order valence-corrected chi connectivity index (χ4v) is 2.72. The van der Waals surface area contributed by atoms with Crippen molar-refractivity contribution in [2.75, 3.05) is 6.54 Å². The van der Waals surface area contributed by atoms with Gasteiger partial charge in [-0.2, -0.15) is 5.26 Å². The van der Waals surface area contributed by atoms with Gasteiger partial charge in [0.05, 0.1) is 11.2 Å². The number of hydrogen-bond acceptors (Lipinski definition) is 4. The molecule has 17 heavy (non-hydrogen) atoms. The third-order valence-electron chi connectivity index (χ3n) is 2.44. The minimum absolute atomic E-state index is 0.485. The van der Waals surface area contributed by atoms with E-state index >= 15 is 0 Å². The number of aliphatic hydroxyl groups is 1. The maximum Gasteiger partial charge on any atom is 0.100 e. The molecule has 0 spiro atoms. The van der Waals surface area contributed by atoms with Crippen LogP contribution in [0.1, 0.15) is 37.6 Å². The Balaban J connectivity index is 2.35. The van der Waals surface area contributed by atoms with Gasteiger partial charge in [-0.1, -0.05) is 13.8 Å². The molecule has 0 saturated heterocycles. The molecule has 0 fully saturated rings. The predicted octanol–water partition coefficient (Wildman–Crippen LogP) is 2.51. The highest BCUT2D eigenvalue weighted by atomic mass is 32.1. The number of hydrogen-bond donors (Lipinski definition) is 2. The van der Waals surface area contributed by atoms with E-state index in [0.717, 1.165) is 11.3 Å². The van der Waals surface area contributed by atoms with Crippen molar-refractivity contribution in [3.05, 3.63) is 21.9 Å².